The fourth-order valence-corrected chi connectivity index (χ4v) is 3.41. The largest absolute Gasteiger partial charge is 0.453 e. The lowest BCUT2D eigenvalue weighted by Gasteiger charge is -2.14. The van der Waals surface area contributed by atoms with Crippen LogP contribution in [-0.4, -0.2) is 27.5 Å². The summed E-state index contributed by atoms with van der Waals surface area (Å²) in [5, 5.41) is 2.75. The van der Waals surface area contributed by atoms with Crippen LogP contribution in [0.15, 0.2) is 59.4 Å². The number of rotatable bonds is 10. The average Bonchev–Trinajstić information content (AvgIpc) is 2.81. The Bertz CT molecular complexity index is 1120. The van der Waals surface area contributed by atoms with Crippen molar-refractivity contribution in [3.8, 4) is 0 Å². The molecule has 7 nitrogen and oxygen atoms in total. The zero-order valence-corrected chi connectivity index (χ0v) is 18.5. The molecule has 0 bridgehead atoms. The first-order valence-corrected chi connectivity index (χ1v) is 11.0. The number of unbranched alkanes of at least 4 members (excludes halogenated alkanes) is 1. The van der Waals surface area contributed by atoms with Crippen molar-refractivity contribution in [3.63, 3.8) is 0 Å². The molecular weight excluding hydrogens is 406 g/mol. The van der Waals surface area contributed by atoms with Crippen LogP contribution >= 0.6 is 0 Å². The lowest BCUT2D eigenvalue weighted by atomic mass is 10.2. The van der Waals surface area contributed by atoms with Gasteiger partial charge < -0.3 is 14.6 Å². The third-order valence-electron chi connectivity index (χ3n) is 5.21. The first-order chi connectivity index (χ1) is 15.5. The summed E-state index contributed by atoms with van der Waals surface area (Å²) in [4.78, 5) is 41.9. The third-order valence-corrected chi connectivity index (χ3v) is 5.21. The quantitative estimate of drug-likeness (QED) is 0.493. The molecule has 0 aliphatic rings. The Kier molecular flexibility index (Phi) is 8.14. The Hall–Kier alpha value is -3.48. The lowest BCUT2D eigenvalue weighted by Crippen LogP contribution is -2.35. The van der Waals surface area contributed by atoms with Gasteiger partial charge in [-0.1, -0.05) is 55.8 Å². The Morgan fingerprint density at radius 1 is 1.09 bits per heavy atom. The van der Waals surface area contributed by atoms with Gasteiger partial charge in [-0.3, -0.25) is 14.4 Å². The van der Waals surface area contributed by atoms with Gasteiger partial charge in [0.15, 0.2) is 6.10 Å². The molecule has 0 aliphatic carbocycles. The first-order valence-electron chi connectivity index (χ1n) is 11.0. The van der Waals surface area contributed by atoms with E-state index in [1.165, 1.54) is 6.92 Å². The van der Waals surface area contributed by atoms with E-state index >= 15 is 0 Å². The van der Waals surface area contributed by atoms with Gasteiger partial charge in [-0.2, -0.15) is 0 Å². The smallest absolute Gasteiger partial charge is 0.306 e. The molecule has 0 radical (unpaired) electrons. The van der Waals surface area contributed by atoms with E-state index in [1.807, 2.05) is 54.6 Å². The highest BCUT2D eigenvalue weighted by Crippen LogP contribution is 2.12. The molecule has 32 heavy (non-hydrogen) atoms. The number of aryl methyl sites for hydroxylation is 2. The topological polar surface area (TPSA) is 90.3 Å². The Morgan fingerprint density at radius 3 is 2.56 bits per heavy atom. The zero-order chi connectivity index (χ0) is 22.9. The minimum Gasteiger partial charge on any atom is -0.453 e. The summed E-state index contributed by atoms with van der Waals surface area (Å²) in [6.07, 6.45) is 1.06. The maximum Gasteiger partial charge on any atom is 0.306 e. The predicted octanol–water partition coefficient (Wildman–Crippen LogP) is 3.38. The maximum atomic E-state index is 12.9. The number of benzene rings is 2. The van der Waals surface area contributed by atoms with E-state index in [2.05, 4.69) is 17.2 Å². The molecule has 1 amide bonds. The van der Waals surface area contributed by atoms with Crippen LogP contribution in [0.5, 0.6) is 0 Å². The number of nitrogens with zero attached hydrogens (tertiary/aromatic N) is 2. The van der Waals surface area contributed by atoms with Crippen molar-refractivity contribution < 1.29 is 14.3 Å². The summed E-state index contributed by atoms with van der Waals surface area (Å²) in [7, 11) is 0. The number of esters is 1. The number of nitrogens with one attached hydrogen (secondary N) is 1. The zero-order valence-electron chi connectivity index (χ0n) is 18.5. The molecule has 0 spiro atoms. The van der Waals surface area contributed by atoms with Crippen molar-refractivity contribution in [2.45, 2.75) is 58.7 Å². The van der Waals surface area contributed by atoms with Crippen LogP contribution in [0.2, 0.25) is 0 Å². The van der Waals surface area contributed by atoms with Gasteiger partial charge in [-0.15, -0.1) is 0 Å². The molecule has 7 heteroatoms. The number of aromatic nitrogens is 2. The van der Waals surface area contributed by atoms with Crippen LogP contribution in [0, 0.1) is 0 Å². The Labute approximate surface area is 187 Å². The summed E-state index contributed by atoms with van der Waals surface area (Å²) in [5.41, 5.74) is 2.62. The molecule has 0 saturated heterocycles. The van der Waals surface area contributed by atoms with E-state index in [4.69, 9.17) is 4.74 Å². The van der Waals surface area contributed by atoms with Gasteiger partial charge in [0.25, 0.3) is 11.5 Å². The van der Waals surface area contributed by atoms with Crippen LogP contribution in [0.25, 0.3) is 11.0 Å². The minimum atomic E-state index is -0.919. The molecule has 3 aromatic rings. The van der Waals surface area contributed by atoms with Gasteiger partial charge in [0.05, 0.1) is 17.5 Å². The van der Waals surface area contributed by atoms with Crippen molar-refractivity contribution in [2.75, 3.05) is 0 Å². The first kappa shape index (κ1) is 23.2. The second-order valence-corrected chi connectivity index (χ2v) is 7.69. The van der Waals surface area contributed by atoms with Crippen molar-refractivity contribution >= 4 is 22.9 Å². The molecular formula is C25H29N3O4. The van der Waals surface area contributed by atoms with E-state index in [-0.39, 0.29) is 24.3 Å². The van der Waals surface area contributed by atoms with E-state index < -0.39 is 12.1 Å². The molecule has 0 saturated carbocycles. The monoisotopic (exact) mass is 435 g/mol. The van der Waals surface area contributed by atoms with Crippen molar-refractivity contribution in [1.82, 2.24) is 14.9 Å². The van der Waals surface area contributed by atoms with Crippen LogP contribution in [0.1, 0.15) is 44.4 Å². The SMILES string of the molecule is CCCCn1c(=O)c(CCC(=O)OC(C)C(=O)NCc2ccccc2)nc2ccccc21. The molecule has 1 atom stereocenters. The van der Waals surface area contributed by atoms with Gasteiger partial charge >= 0.3 is 5.97 Å². The third kappa shape index (κ3) is 6.03. The highest BCUT2D eigenvalue weighted by molar-refractivity contribution is 5.83. The summed E-state index contributed by atoms with van der Waals surface area (Å²) in [6, 6.07) is 17.0. The molecule has 1 N–H and O–H groups in total. The average molecular weight is 436 g/mol. The minimum absolute atomic E-state index is 0.0232. The molecule has 168 valence electrons. The summed E-state index contributed by atoms with van der Waals surface area (Å²) >= 11 is 0. The Morgan fingerprint density at radius 2 is 1.81 bits per heavy atom. The number of fused-ring (bicyclic) bond motifs is 1. The lowest BCUT2D eigenvalue weighted by molar-refractivity contribution is -0.154. The molecule has 2 aromatic carbocycles. The van der Waals surface area contributed by atoms with Gasteiger partial charge in [0.2, 0.25) is 0 Å². The number of amides is 1. The second-order valence-electron chi connectivity index (χ2n) is 7.69. The number of carbonyl (C=O) groups excluding carboxylic acids is 2. The predicted molar refractivity (Wildman–Crippen MR) is 123 cm³/mol. The number of ether oxygens (including phenoxy) is 1. The molecule has 0 aliphatic heterocycles. The molecule has 1 unspecified atom stereocenters. The number of hydrogen-bond acceptors (Lipinski definition) is 5. The van der Waals surface area contributed by atoms with Crippen molar-refractivity contribution in [1.29, 1.82) is 0 Å². The number of hydrogen-bond donors (Lipinski definition) is 1. The summed E-state index contributed by atoms with van der Waals surface area (Å²) in [6.45, 7) is 4.57. The standard InChI is InChI=1S/C25H29N3O4/c1-3-4-16-28-22-13-9-8-12-20(22)27-21(25(28)31)14-15-23(29)32-18(2)24(30)26-17-19-10-6-5-7-11-19/h5-13,18H,3-4,14-17H2,1-2H3,(H,26,30). The molecule has 1 heterocycles. The van der Waals surface area contributed by atoms with E-state index in [0.717, 1.165) is 29.4 Å². The maximum absolute atomic E-state index is 12.9. The van der Waals surface area contributed by atoms with Crippen molar-refractivity contribution in [2.24, 2.45) is 0 Å². The highest BCUT2D eigenvalue weighted by Gasteiger charge is 2.19. The fourth-order valence-electron chi connectivity index (χ4n) is 3.41. The Balaban J connectivity index is 1.59. The summed E-state index contributed by atoms with van der Waals surface area (Å²) in [5.74, 6) is -0.908. The van der Waals surface area contributed by atoms with Crippen LogP contribution in [0.4, 0.5) is 0 Å². The van der Waals surface area contributed by atoms with Crippen LogP contribution in [0.3, 0.4) is 0 Å². The van der Waals surface area contributed by atoms with Crippen LogP contribution in [-0.2, 0) is 33.8 Å². The molecule has 1 aromatic heterocycles. The summed E-state index contributed by atoms with van der Waals surface area (Å²) < 4.78 is 6.99. The van der Waals surface area contributed by atoms with Gasteiger partial charge in [-0.25, -0.2) is 4.98 Å². The molecule has 0 fully saturated rings. The normalized spacial score (nSPS) is 11.8. The number of carbonyl (C=O) groups is 2. The molecule has 3 rings (SSSR count). The van der Waals surface area contributed by atoms with Gasteiger partial charge in [0.1, 0.15) is 5.69 Å². The highest BCUT2D eigenvalue weighted by atomic mass is 16.5. The van der Waals surface area contributed by atoms with E-state index in [9.17, 15) is 14.4 Å². The van der Waals surface area contributed by atoms with E-state index in [1.54, 1.807) is 4.57 Å². The van der Waals surface area contributed by atoms with E-state index in [0.29, 0.717) is 18.8 Å². The van der Waals surface area contributed by atoms with Crippen molar-refractivity contribution in [3.05, 3.63) is 76.2 Å². The van der Waals surface area contributed by atoms with Gasteiger partial charge in [0, 0.05) is 19.5 Å². The van der Waals surface area contributed by atoms with Crippen LogP contribution < -0.4 is 10.9 Å². The number of para-hydroxylation sites is 2. The van der Waals surface area contributed by atoms with Gasteiger partial charge in [-0.05, 0) is 31.0 Å². The second kappa shape index (κ2) is 11.2. The fraction of sp³-hybridized carbons (Fsp3) is 0.360.